The lowest BCUT2D eigenvalue weighted by atomic mass is 9.88. The fourth-order valence-corrected chi connectivity index (χ4v) is 3.68. The molecular formula is C26H51N2O7+. The van der Waals surface area contributed by atoms with Gasteiger partial charge in [-0.25, -0.2) is 9.59 Å². The first kappa shape index (κ1) is 32.1. The quantitative estimate of drug-likeness (QED) is 0.575. The first-order valence-electron chi connectivity index (χ1n) is 13.0. The Bertz CT molecular complexity index is 547. The summed E-state index contributed by atoms with van der Waals surface area (Å²) in [6.07, 6.45) is 0.615. The lowest BCUT2D eigenvalue weighted by Crippen LogP contribution is -2.61. The van der Waals surface area contributed by atoms with Gasteiger partial charge in [0.1, 0.15) is 13.1 Å². The van der Waals surface area contributed by atoms with Gasteiger partial charge < -0.3 is 29.0 Å². The van der Waals surface area contributed by atoms with E-state index in [-0.39, 0.29) is 27.1 Å². The van der Waals surface area contributed by atoms with Gasteiger partial charge in [0.25, 0.3) is 0 Å². The van der Waals surface area contributed by atoms with Crippen molar-refractivity contribution in [1.29, 1.82) is 0 Å². The lowest BCUT2D eigenvalue weighted by molar-refractivity contribution is -0.782. The molecule has 0 aromatic rings. The van der Waals surface area contributed by atoms with Crippen LogP contribution in [-0.2, 0) is 33.3 Å². The average Bonchev–Trinajstić information content (AvgIpc) is 2.73. The Hall–Kier alpha value is -0.940. The first-order valence-corrected chi connectivity index (χ1v) is 13.0. The SMILES string of the molecule is CC(C)(C)CC(=O)[N+]1(C(=O)CC(C)(C)C)CCOCCOCCNCCOCCOCCOCC1. The maximum atomic E-state index is 13.7. The summed E-state index contributed by atoms with van der Waals surface area (Å²) in [4.78, 5) is 27.3. The summed E-state index contributed by atoms with van der Waals surface area (Å²) < 4.78 is 28.0. The molecule has 0 spiro atoms. The van der Waals surface area contributed by atoms with Crippen molar-refractivity contribution < 1.29 is 37.8 Å². The summed E-state index contributed by atoms with van der Waals surface area (Å²) in [5.74, 6) is -0.152. The number of hydrogen-bond acceptors (Lipinski definition) is 8. The summed E-state index contributed by atoms with van der Waals surface area (Å²) in [6, 6.07) is 0. The van der Waals surface area contributed by atoms with Crippen LogP contribution in [-0.4, -0.2) is 109 Å². The highest BCUT2D eigenvalue weighted by atomic mass is 16.5. The van der Waals surface area contributed by atoms with Crippen LogP contribution in [0, 0.1) is 10.8 Å². The molecular weight excluding hydrogens is 452 g/mol. The fourth-order valence-electron chi connectivity index (χ4n) is 3.68. The van der Waals surface area contributed by atoms with E-state index < -0.39 is 0 Å². The second-order valence-electron chi connectivity index (χ2n) is 11.5. The molecule has 1 rings (SSSR count). The average molecular weight is 504 g/mol. The van der Waals surface area contributed by atoms with Crippen LogP contribution < -0.4 is 5.32 Å². The molecule has 0 bridgehead atoms. The standard InChI is InChI=1S/C26H51N2O7/c1-25(2,3)21-23(29)28(24(30)22-26(4,5)6)9-13-33-17-15-31-11-7-27-8-12-32-16-19-35-20-18-34-14-10-28/h27H,7-22H2,1-6H3/q+1. The van der Waals surface area contributed by atoms with Crippen molar-refractivity contribution in [2.45, 2.75) is 54.4 Å². The van der Waals surface area contributed by atoms with Crippen LogP contribution in [0.4, 0.5) is 0 Å². The molecule has 1 N–H and O–H groups in total. The Morgan fingerprint density at radius 3 is 1.23 bits per heavy atom. The molecule has 0 aromatic heterocycles. The molecule has 1 aliphatic heterocycles. The number of nitrogens with one attached hydrogen (secondary N) is 1. The van der Waals surface area contributed by atoms with Crippen molar-refractivity contribution >= 4 is 11.8 Å². The Balaban J connectivity index is 2.94. The molecule has 0 saturated carbocycles. The zero-order valence-corrected chi connectivity index (χ0v) is 23.1. The van der Waals surface area contributed by atoms with Gasteiger partial charge >= 0.3 is 11.8 Å². The molecule has 9 nitrogen and oxygen atoms in total. The minimum Gasteiger partial charge on any atom is -0.378 e. The van der Waals surface area contributed by atoms with Crippen molar-refractivity contribution in [3.63, 3.8) is 0 Å². The third-order valence-electron chi connectivity index (χ3n) is 5.51. The highest BCUT2D eigenvalue weighted by molar-refractivity contribution is 5.85. The second kappa shape index (κ2) is 16.7. The van der Waals surface area contributed by atoms with Gasteiger partial charge in [0, 0.05) is 13.1 Å². The molecule has 0 aromatic carbocycles. The van der Waals surface area contributed by atoms with Crippen molar-refractivity contribution in [3.8, 4) is 0 Å². The Morgan fingerprint density at radius 2 is 0.886 bits per heavy atom. The first-order chi connectivity index (χ1) is 16.5. The van der Waals surface area contributed by atoms with Gasteiger partial charge in [0.2, 0.25) is 0 Å². The van der Waals surface area contributed by atoms with E-state index in [1.54, 1.807) is 0 Å². The summed E-state index contributed by atoms with van der Waals surface area (Å²) in [5, 5.41) is 3.26. The maximum Gasteiger partial charge on any atom is 0.321 e. The van der Waals surface area contributed by atoms with E-state index in [9.17, 15) is 9.59 Å². The summed E-state index contributed by atoms with van der Waals surface area (Å²) in [7, 11) is 0. The van der Waals surface area contributed by atoms with E-state index in [1.807, 2.05) is 41.5 Å². The van der Waals surface area contributed by atoms with Gasteiger partial charge in [-0.05, 0) is 10.8 Å². The Kier molecular flexibility index (Phi) is 15.3. The largest absolute Gasteiger partial charge is 0.378 e. The summed E-state index contributed by atoms with van der Waals surface area (Å²) >= 11 is 0. The minimum atomic E-state index is -0.256. The minimum absolute atomic E-state index is 0.0759. The third-order valence-corrected chi connectivity index (χ3v) is 5.51. The number of carbonyl (C=O) groups is 2. The molecule has 1 aliphatic rings. The molecule has 9 heteroatoms. The maximum absolute atomic E-state index is 13.7. The Morgan fingerprint density at radius 1 is 0.571 bits per heavy atom. The summed E-state index contributed by atoms with van der Waals surface area (Å²) in [5.41, 5.74) is -0.461. The zero-order valence-electron chi connectivity index (χ0n) is 23.1. The van der Waals surface area contributed by atoms with Crippen LogP contribution in [0.3, 0.4) is 0 Å². The van der Waals surface area contributed by atoms with Gasteiger partial charge in [0.15, 0.2) is 0 Å². The van der Waals surface area contributed by atoms with E-state index >= 15 is 0 Å². The normalized spacial score (nSPS) is 21.5. The third kappa shape index (κ3) is 15.0. The molecule has 0 atom stereocenters. The Labute approximate surface area is 212 Å². The predicted molar refractivity (Wildman–Crippen MR) is 135 cm³/mol. The van der Waals surface area contributed by atoms with E-state index in [1.165, 1.54) is 0 Å². The van der Waals surface area contributed by atoms with Crippen LogP contribution in [0.25, 0.3) is 0 Å². The zero-order chi connectivity index (χ0) is 26.2. The number of imide groups is 1. The van der Waals surface area contributed by atoms with Crippen LogP contribution in [0.5, 0.6) is 0 Å². The van der Waals surface area contributed by atoms with E-state index in [2.05, 4.69) is 5.32 Å². The van der Waals surface area contributed by atoms with Gasteiger partial charge in [-0.2, -0.15) is 4.48 Å². The van der Waals surface area contributed by atoms with E-state index in [4.69, 9.17) is 23.7 Å². The van der Waals surface area contributed by atoms with Crippen molar-refractivity contribution in [3.05, 3.63) is 0 Å². The smallest absolute Gasteiger partial charge is 0.321 e. The number of ether oxygens (including phenoxy) is 5. The molecule has 0 unspecified atom stereocenters. The van der Waals surface area contributed by atoms with E-state index in [0.29, 0.717) is 92.0 Å². The van der Waals surface area contributed by atoms with Crippen LogP contribution >= 0.6 is 0 Å². The molecule has 1 heterocycles. The molecule has 1 fully saturated rings. The highest BCUT2D eigenvalue weighted by Crippen LogP contribution is 2.28. The molecule has 206 valence electrons. The molecule has 0 radical (unpaired) electrons. The number of amides is 2. The molecule has 35 heavy (non-hydrogen) atoms. The fraction of sp³-hybridized carbons (Fsp3) is 0.923. The number of hydrogen-bond donors (Lipinski definition) is 1. The monoisotopic (exact) mass is 503 g/mol. The van der Waals surface area contributed by atoms with Crippen LogP contribution in [0.15, 0.2) is 0 Å². The molecule has 1 saturated heterocycles. The van der Waals surface area contributed by atoms with Gasteiger partial charge in [-0.15, -0.1) is 0 Å². The topological polar surface area (TPSA) is 92.3 Å². The van der Waals surface area contributed by atoms with Crippen LogP contribution in [0.2, 0.25) is 0 Å². The van der Waals surface area contributed by atoms with Crippen molar-refractivity contribution in [1.82, 2.24) is 5.32 Å². The number of carbonyl (C=O) groups excluding carboxylic acids is 2. The van der Waals surface area contributed by atoms with Crippen LogP contribution in [0.1, 0.15) is 54.4 Å². The highest BCUT2D eigenvalue weighted by Gasteiger charge is 2.46. The molecule has 0 aliphatic carbocycles. The van der Waals surface area contributed by atoms with Gasteiger partial charge in [-0.1, -0.05) is 41.5 Å². The van der Waals surface area contributed by atoms with Crippen molar-refractivity contribution in [2.24, 2.45) is 10.8 Å². The molecule has 2 amide bonds. The second-order valence-corrected chi connectivity index (χ2v) is 11.5. The predicted octanol–water partition coefficient (Wildman–Crippen LogP) is 2.42. The van der Waals surface area contributed by atoms with E-state index in [0.717, 1.165) is 13.1 Å². The summed E-state index contributed by atoms with van der Waals surface area (Å²) in [6.45, 7) is 18.7. The number of quaternary nitrogens is 1. The number of rotatable bonds is 2. The number of nitrogens with zero attached hydrogens (tertiary/aromatic N) is 1. The van der Waals surface area contributed by atoms with Crippen molar-refractivity contribution in [2.75, 3.05) is 92.2 Å². The van der Waals surface area contributed by atoms with Gasteiger partial charge in [-0.3, -0.25) is 0 Å². The lowest BCUT2D eigenvalue weighted by Gasteiger charge is -2.36. The van der Waals surface area contributed by atoms with Gasteiger partial charge in [0.05, 0.1) is 78.9 Å².